The SMILES string of the molecule is CSCC[C@H](NC(=O)c1cnc(N)nc1-c1ccccc1)C(=O)O. The van der Waals surface area contributed by atoms with Crippen molar-refractivity contribution < 1.29 is 14.7 Å². The van der Waals surface area contributed by atoms with Crippen molar-refractivity contribution in [2.45, 2.75) is 12.5 Å². The zero-order valence-corrected chi connectivity index (χ0v) is 13.9. The van der Waals surface area contributed by atoms with E-state index >= 15 is 0 Å². The van der Waals surface area contributed by atoms with Crippen LogP contribution in [-0.4, -0.2) is 45.0 Å². The third-order valence-corrected chi connectivity index (χ3v) is 3.96. The van der Waals surface area contributed by atoms with Gasteiger partial charge in [-0.1, -0.05) is 30.3 Å². The van der Waals surface area contributed by atoms with Crippen LogP contribution in [0.2, 0.25) is 0 Å². The molecule has 0 radical (unpaired) electrons. The van der Waals surface area contributed by atoms with Gasteiger partial charge in [-0.05, 0) is 18.4 Å². The summed E-state index contributed by atoms with van der Waals surface area (Å²) >= 11 is 1.52. The number of anilines is 1. The van der Waals surface area contributed by atoms with E-state index in [1.807, 2.05) is 24.5 Å². The summed E-state index contributed by atoms with van der Waals surface area (Å²) < 4.78 is 0. The highest BCUT2D eigenvalue weighted by Crippen LogP contribution is 2.21. The van der Waals surface area contributed by atoms with Gasteiger partial charge in [0.2, 0.25) is 5.95 Å². The molecule has 7 nitrogen and oxygen atoms in total. The summed E-state index contributed by atoms with van der Waals surface area (Å²) in [4.78, 5) is 31.8. The molecule has 8 heteroatoms. The number of aromatic nitrogens is 2. The quantitative estimate of drug-likeness (QED) is 0.697. The van der Waals surface area contributed by atoms with Crippen LogP contribution in [0.3, 0.4) is 0 Å². The lowest BCUT2D eigenvalue weighted by Gasteiger charge is -2.15. The number of hydrogen-bond acceptors (Lipinski definition) is 6. The number of nitrogen functional groups attached to an aromatic ring is 1. The molecule has 0 saturated heterocycles. The number of carbonyl (C=O) groups is 2. The molecule has 2 aromatic rings. The van der Waals surface area contributed by atoms with Crippen LogP contribution in [0.1, 0.15) is 16.8 Å². The fourth-order valence-electron chi connectivity index (χ4n) is 2.11. The Hall–Kier alpha value is -2.61. The normalized spacial score (nSPS) is 11.7. The molecular formula is C16H18N4O3S. The van der Waals surface area contributed by atoms with Gasteiger partial charge in [0.15, 0.2) is 0 Å². The Bertz CT molecular complexity index is 725. The van der Waals surface area contributed by atoms with E-state index in [4.69, 9.17) is 5.73 Å². The number of carbonyl (C=O) groups excluding carboxylic acids is 1. The molecule has 0 fully saturated rings. The number of amides is 1. The van der Waals surface area contributed by atoms with Gasteiger partial charge in [0.25, 0.3) is 5.91 Å². The minimum atomic E-state index is -1.07. The second-order valence-corrected chi connectivity index (χ2v) is 5.99. The number of nitrogens with one attached hydrogen (secondary N) is 1. The lowest BCUT2D eigenvalue weighted by atomic mass is 10.1. The molecule has 4 N–H and O–H groups in total. The van der Waals surface area contributed by atoms with Gasteiger partial charge in [0.1, 0.15) is 6.04 Å². The minimum Gasteiger partial charge on any atom is -0.480 e. The standard InChI is InChI=1S/C16H18N4O3S/c1-24-8-7-12(15(22)23)19-14(21)11-9-18-16(17)20-13(11)10-5-3-2-4-6-10/h2-6,9,12H,7-8H2,1H3,(H,19,21)(H,22,23)(H2,17,18,20)/t12-/m0/s1. The zero-order chi connectivity index (χ0) is 17.5. The molecule has 0 aliphatic carbocycles. The predicted molar refractivity (Wildman–Crippen MR) is 93.8 cm³/mol. The van der Waals surface area contributed by atoms with Gasteiger partial charge < -0.3 is 16.2 Å². The van der Waals surface area contributed by atoms with E-state index in [1.165, 1.54) is 18.0 Å². The van der Waals surface area contributed by atoms with Crippen molar-refractivity contribution in [3.05, 3.63) is 42.1 Å². The third-order valence-electron chi connectivity index (χ3n) is 3.31. The molecule has 0 unspecified atom stereocenters. The highest BCUT2D eigenvalue weighted by molar-refractivity contribution is 7.98. The van der Waals surface area contributed by atoms with Gasteiger partial charge in [-0.25, -0.2) is 14.8 Å². The Morgan fingerprint density at radius 3 is 2.67 bits per heavy atom. The number of hydrogen-bond donors (Lipinski definition) is 3. The van der Waals surface area contributed by atoms with E-state index in [9.17, 15) is 14.7 Å². The fourth-order valence-corrected chi connectivity index (χ4v) is 2.58. The van der Waals surface area contributed by atoms with Crippen molar-refractivity contribution >= 4 is 29.6 Å². The Morgan fingerprint density at radius 2 is 2.04 bits per heavy atom. The monoisotopic (exact) mass is 346 g/mol. The van der Waals surface area contributed by atoms with Crippen LogP contribution in [0.25, 0.3) is 11.3 Å². The minimum absolute atomic E-state index is 0.0440. The number of rotatable bonds is 7. The summed E-state index contributed by atoms with van der Waals surface area (Å²) in [5.74, 6) is -0.943. The van der Waals surface area contributed by atoms with Gasteiger partial charge in [-0.15, -0.1) is 0 Å². The van der Waals surface area contributed by atoms with E-state index in [0.717, 1.165) is 0 Å². The topological polar surface area (TPSA) is 118 Å². The van der Waals surface area contributed by atoms with Crippen molar-refractivity contribution in [1.29, 1.82) is 0 Å². The van der Waals surface area contributed by atoms with Crippen LogP contribution in [0.5, 0.6) is 0 Å². The van der Waals surface area contributed by atoms with Crippen molar-refractivity contribution in [2.75, 3.05) is 17.7 Å². The summed E-state index contributed by atoms with van der Waals surface area (Å²) in [5.41, 5.74) is 6.89. The molecule has 0 bridgehead atoms. The number of carboxylic acid groups (broad SMARTS) is 1. The van der Waals surface area contributed by atoms with Crippen LogP contribution in [0, 0.1) is 0 Å². The summed E-state index contributed by atoms with van der Waals surface area (Å²) in [6, 6.07) is 8.09. The summed E-state index contributed by atoms with van der Waals surface area (Å²) in [7, 11) is 0. The Kier molecular flexibility index (Phi) is 6.14. The number of nitrogens with zero attached hydrogens (tertiary/aromatic N) is 2. The van der Waals surface area contributed by atoms with Gasteiger partial charge in [0, 0.05) is 11.8 Å². The molecule has 1 aromatic carbocycles. The Balaban J connectivity index is 2.31. The van der Waals surface area contributed by atoms with Gasteiger partial charge in [-0.2, -0.15) is 11.8 Å². The molecular weight excluding hydrogens is 328 g/mol. The number of thioether (sulfide) groups is 1. The number of carboxylic acids is 1. The molecule has 1 atom stereocenters. The van der Waals surface area contributed by atoms with Crippen molar-refractivity contribution in [3.63, 3.8) is 0 Å². The second-order valence-electron chi connectivity index (χ2n) is 5.00. The molecule has 0 aliphatic rings. The van der Waals surface area contributed by atoms with E-state index in [-0.39, 0.29) is 11.5 Å². The first kappa shape index (κ1) is 17.7. The van der Waals surface area contributed by atoms with Crippen molar-refractivity contribution in [3.8, 4) is 11.3 Å². The average molecular weight is 346 g/mol. The molecule has 1 amide bonds. The van der Waals surface area contributed by atoms with E-state index in [1.54, 1.807) is 12.1 Å². The lowest BCUT2D eigenvalue weighted by molar-refractivity contribution is -0.139. The van der Waals surface area contributed by atoms with Crippen molar-refractivity contribution in [1.82, 2.24) is 15.3 Å². The van der Waals surface area contributed by atoms with E-state index in [0.29, 0.717) is 23.4 Å². The maximum atomic E-state index is 12.5. The lowest BCUT2D eigenvalue weighted by Crippen LogP contribution is -2.41. The Morgan fingerprint density at radius 1 is 1.33 bits per heavy atom. The maximum Gasteiger partial charge on any atom is 0.326 e. The van der Waals surface area contributed by atoms with Crippen LogP contribution >= 0.6 is 11.8 Å². The van der Waals surface area contributed by atoms with Crippen LogP contribution in [0.15, 0.2) is 36.5 Å². The van der Waals surface area contributed by atoms with Crippen LogP contribution in [-0.2, 0) is 4.79 Å². The van der Waals surface area contributed by atoms with E-state index in [2.05, 4.69) is 15.3 Å². The average Bonchev–Trinajstić information content (AvgIpc) is 2.58. The molecule has 2 rings (SSSR count). The van der Waals surface area contributed by atoms with Gasteiger partial charge >= 0.3 is 5.97 Å². The van der Waals surface area contributed by atoms with Crippen molar-refractivity contribution in [2.24, 2.45) is 0 Å². The second kappa shape index (κ2) is 8.30. The predicted octanol–water partition coefficient (Wildman–Crippen LogP) is 1.66. The first-order chi connectivity index (χ1) is 11.5. The molecule has 0 aliphatic heterocycles. The van der Waals surface area contributed by atoms with Gasteiger partial charge in [0.05, 0.1) is 11.3 Å². The molecule has 24 heavy (non-hydrogen) atoms. The fraction of sp³-hybridized carbons (Fsp3) is 0.250. The third kappa shape index (κ3) is 4.45. The number of benzene rings is 1. The summed E-state index contributed by atoms with van der Waals surface area (Å²) in [6.07, 6.45) is 3.52. The molecule has 1 aromatic heterocycles. The first-order valence-corrected chi connectivity index (χ1v) is 8.63. The summed E-state index contributed by atoms with van der Waals surface area (Å²) in [6.45, 7) is 0. The number of aliphatic carboxylic acids is 1. The summed E-state index contributed by atoms with van der Waals surface area (Å²) in [5, 5.41) is 11.8. The highest BCUT2D eigenvalue weighted by atomic mass is 32.2. The highest BCUT2D eigenvalue weighted by Gasteiger charge is 2.23. The smallest absolute Gasteiger partial charge is 0.326 e. The molecule has 1 heterocycles. The van der Waals surface area contributed by atoms with Crippen LogP contribution in [0.4, 0.5) is 5.95 Å². The molecule has 0 spiro atoms. The first-order valence-electron chi connectivity index (χ1n) is 7.23. The molecule has 0 saturated carbocycles. The van der Waals surface area contributed by atoms with Gasteiger partial charge in [-0.3, -0.25) is 4.79 Å². The van der Waals surface area contributed by atoms with E-state index < -0.39 is 17.9 Å². The number of nitrogens with two attached hydrogens (primary N) is 1. The zero-order valence-electron chi connectivity index (χ0n) is 13.1. The molecule has 126 valence electrons. The maximum absolute atomic E-state index is 12.5. The Labute approximate surface area is 143 Å². The van der Waals surface area contributed by atoms with Crippen LogP contribution < -0.4 is 11.1 Å². The largest absolute Gasteiger partial charge is 0.480 e.